The van der Waals surface area contributed by atoms with Crippen LogP contribution in [0, 0.1) is 5.92 Å². The van der Waals surface area contributed by atoms with E-state index in [-0.39, 0.29) is 18.7 Å². The molecule has 1 aliphatic heterocycles. The Kier molecular flexibility index (Phi) is 7.74. The molecular formula is C14H24N2O5. The molecule has 0 aliphatic carbocycles. The van der Waals surface area contributed by atoms with Gasteiger partial charge in [-0.05, 0) is 44.7 Å². The summed E-state index contributed by atoms with van der Waals surface area (Å²) in [5.74, 6) is -1.36. The summed E-state index contributed by atoms with van der Waals surface area (Å²) in [6.45, 7) is 1.95. The lowest BCUT2D eigenvalue weighted by Crippen LogP contribution is -2.41. The van der Waals surface area contributed by atoms with Crippen LogP contribution in [0.25, 0.3) is 0 Å². The number of amides is 1. The largest absolute Gasteiger partial charge is 0.480 e. The first kappa shape index (κ1) is 17.4. The van der Waals surface area contributed by atoms with E-state index in [2.05, 4.69) is 15.4 Å². The number of carboxylic acids is 1. The number of nitrogens with one attached hydrogen (secondary N) is 2. The molecule has 21 heavy (non-hydrogen) atoms. The van der Waals surface area contributed by atoms with Crippen molar-refractivity contribution in [3.63, 3.8) is 0 Å². The highest BCUT2D eigenvalue weighted by Gasteiger charge is 2.22. The molecule has 1 fully saturated rings. The van der Waals surface area contributed by atoms with Crippen LogP contribution < -0.4 is 10.6 Å². The van der Waals surface area contributed by atoms with E-state index in [9.17, 15) is 14.4 Å². The zero-order chi connectivity index (χ0) is 15.7. The van der Waals surface area contributed by atoms with Crippen molar-refractivity contribution in [1.29, 1.82) is 0 Å². The van der Waals surface area contributed by atoms with E-state index in [1.165, 1.54) is 7.11 Å². The van der Waals surface area contributed by atoms with Crippen molar-refractivity contribution in [3.05, 3.63) is 0 Å². The third-order valence-electron chi connectivity index (χ3n) is 3.74. The molecule has 1 atom stereocenters. The predicted molar refractivity (Wildman–Crippen MR) is 75.6 cm³/mol. The van der Waals surface area contributed by atoms with E-state index in [1.54, 1.807) is 0 Å². The zero-order valence-electron chi connectivity index (χ0n) is 12.4. The molecule has 1 heterocycles. The Hall–Kier alpha value is -1.63. The first-order chi connectivity index (χ1) is 10.0. The number of rotatable bonds is 8. The van der Waals surface area contributed by atoms with Crippen LogP contribution in [0.5, 0.6) is 0 Å². The standard InChI is InChI=1S/C14H24N2O5/c1-21-13(18)5-3-11(14(19)20)16-12(17)4-2-10-6-8-15-9-7-10/h10-11,15H,2-9H2,1H3,(H,16,17)(H,19,20). The molecule has 1 amide bonds. The fourth-order valence-corrected chi connectivity index (χ4v) is 2.39. The van der Waals surface area contributed by atoms with Crippen LogP contribution in [0.15, 0.2) is 0 Å². The maximum absolute atomic E-state index is 11.8. The molecule has 1 rings (SSSR count). The number of methoxy groups -OCH3 is 1. The summed E-state index contributed by atoms with van der Waals surface area (Å²) in [4.78, 5) is 33.9. The number of hydrogen-bond acceptors (Lipinski definition) is 5. The van der Waals surface area contributed by atoms with E-state index >= 15 is 0 Å². The molecule has 0 saturated carbocycles. The van der Waals surface area contributed by atoms with Gasteiger partial charge in [-0.25, -0.2) is 4.79 Å². The van der Waals surface area contributed by atoms with Crippen molar-refractivity contribution < 1.29 is 24.2 Å². The monoisotopic (exact) mass is 300 g/mol. The van der Waals surface area contributed by atoms with Crippen molar-refractivity contribution in [3.8, 4) is 0 Å². The van der Waals surface area contributed by atoms with E-state index in [0.29, 0.717) is 12.3 Å². The Morgan fingerprint density at radius 3 is 2.52 bits per heavy atom. The Balaban J connectivity index is 2.30. The molecular weight excluding hydrogens is 276 g/mol. The highest BCUT2D eigenvalue weighted by atomic mass is 16.5. The lowest BCUT2D eigenvalue weighted by atomic mass is 9.93. The van der Waals surface area contributed by atoms with Crippen molar-refractivity contribution in [2.75, 3.05) is 20.2 Å². The number of carbonyl (C=O) groups is 3. The number of aliphatic carboxylic acids is 1. The lowest BCUT2D eigenvalue weighted by molar-refractivity contribution is -0.144. The van der Waals surface area contributed by atoms with Gasteiger partial charge >= 0.3 is 11.9 Å². The molecule has 7 heteroatoms. The highest BCUT2D eigenvalue weighted by Crippen LogP contribution is 2.17. The third-order valence-corrected chi connectivity index (χ3v) is 3.74. The average molecular weight is 300 g/mol. The third kappa shape index (κ3) is 7.08. The summed E-state index contributed by atoms with van der Waals surface area (Å²) in [6, 6.07) is -1.04. The van der Waals surface area contributed by atoms with Crippen LogP contribution in [0.3, 0.4) is 0 Å². The summed E-state index contributed by atoms with van der Waals surface area (Å²) in [5, 5.41) is 14.8. The van der Waals surface area contributed by atoms with Crippen LogP contribution in [-0.2, 0) is 19.1 Å². The van der Waals surface area contributed by atoms with E-state index in [0.717, 1.165) is 32.4 Å². The molecule has 1 unspecified atom stereocenters. The number of ether oxygens (including phenoxy) is 1. The number of carboxylic acid groups (broad SMARTS) is 1. The maximum Gasteiger partial charge on any atom is 0.326 e. The van der Waals surface area contributed by atoms with Crippen molar-refractivity contribution >= 4 is 17.8 Å². The Bertz CT molecular complexity index is 366. The predicted octanol–water partition coefficient (Wildman–Crippen LogP) is 0.289. The summed E-state index contributed by atoms with van der Waals surface area (Å²) in [7, 11) is 1.25. The zero-order valence-corrected chi connectivity index (χ0v) is 12.4. The molecule has 0 aromatic carbocycles. The lowest BCUT2D eigenvalue weighted by Gasteiger charge is -2.22. The van der Waals surface area contributed by atoms with Crippen LogP contribution in [0.1, 0.15) is 38.5 Å². The molecule has 0 aromatic heterocycles. The topological polar surface area (TPSA) is 105 Å². The second kappa shape index (κ2) is 9.33. The summed E-state index contributed by atoms with van der Waals surface area (Å²) in [5.41, 5.74) is 0. The van der Waals surface area contributed by atoms with E-state index < -0.39 is 18.0 Å². The molecule has 1 saturated heterocycles. The molecule has 3 N–H and O–H groups in total. The summed E-state index contributed by atoms with van der Waals surface area (Å²) < 4.78 is 4.46. The van der Waals surface area contributed by atoms with Gasteiger partial charge in [-0.2, -0.15) is 0 Å². The molecule has 0 bridgehead atoms. The molecule has 7 nitrogen and oxygen atoms in total. The number of hydrogen-bond donors (Lipinski definition) is 3. The van der Waals surface area contributed by atoms with Crippen molar-refractivity contribution in [2.45, 2.75) is 44.6 Å². The number of piperidine rings is 1. The molecule has 0 spiro atoms. The van der Waals surface area contributed by atoms with Crippen LogP contribution in [0.2, 0.25) is 0 Å². The van der Waals surface area contributed by atoms with Gasteiger partial charge in [-0.1, -0.05) is 0 Å². The number of carbonyl (C=O) groups excluding carboxylic acids is 2. The quantitative estimate of drug-likeness (QED) is 0.556. The fraction of sp³-hybridized carbons (Fsp3) is 0.786. The maximum atomic E-state index is 11.8. The Labute approximate surface area is 124 Å². The normalized spacial score (nSPS) is 17.0. The average Bonchev–Trinajstić information content (AvgIpc) is 2.49. The Morgan fingerprint density at radius 2 is 1.95 bits per heavy atom. The van der Waals surface area contributed by atoms with Gasteiger partial charge in [-0.15, -0.1) is 0 Å². The molecule has 120 valence electrons. The number of esters is 1. The smallest absolute Gasteiger partial charge is 0.326 e. The second-order valence-corrected chi connectivity index (χ2v) is 5.31. The minimum Gasteiger partial charge on any atom is -0.480 e. The SMILES string of the molecule is COC(=O)CCC(NC(=O)CCC1CCNCC1)C(=O)O. The summed E-state index contributed by atoms with van der Waals surface area (Å²) >= 11 is 0. The van der Waals surface area contributed by atoms with Crippen LogP contribution >= 0.6 is 0 Å². The second-order valence-electron chi connectivity index (χ2n) is 5.31. The highest BCUT2D eigenvalue weighted by molar-refractivity contribution is 5.84. The molecule has 0 radical (unpaired) electrons. The first-order valence-corrected chi connectivity index (χ1v) is 7.32. The van der Waals surface area contributed by atoms with Gasteiger partial charge in [0.1, 0.15) is 6.04 Å². The molecule has 0 aromatic rings. The van der Waals surface area contributed by atoms with Gasteiger partial charge in [0.25, 0.3) is 0 Å². The van der Waals surface area contributed by atoms with Gasteiger partial charge in [0.2, 0.25) is 5.91 Å². The van der Waals surface area contributed by atoms with Gasteiger partial charge in [0, 0.05) is 12.8 Å². The molecule has 1 aliphatic rings. The van der Waals surface area contributed by atoms with Gasteiger partial charge in [0.15, 0.2) is 0 Å². The van der Waals surface area contributed by atoms with Crippen molar-refractivity contribution in [2.24, 2.45) is 5.92 Å². The van der Waals surface area contributed by atoms with Crippen LogP contribution in [0.4, 0.5) is 0 Å². The van der Waals surface area contributed by atoms with Crippen LogP contribution in [-0.4, -0.2) is 49.2 Å². The minimum atomic E-state index is -1.13. The van der Waals surface area contributed by atoms with E-state index in [4.69, 9.17) is 5.11 Å². The van der Waals surface area contributed by atoms with Gasteiger partial charge in [-0.3, -0.25) is 9.59 Å². The fourth-order valence-electron chi connectivity index (χ4n) is 2.39. The van der Waals surface area contributed by atoms with Crippen molar-refractivity contribution in [1.82, 2.24) is 10.6 Å². The minimum absolute atomic E-state index is 0.0258. The first-order valence-electron chi connectivity index (χ1n) is 7.32. The van der Waals surface area contributed by atoms with Gasteiger partial charge in [0.05, 0.1) is 7.11 Å². The summed E-state index contributed by atoms with van der Waals surface area (Å²) in [6.07, 6.45) is 3.22. The Morgan fingerprint density at radius 1 is 1.29 bits per heavy atom. The van der Waals surface area contributed by atoms with Gasteiger partial charge < -0.3 is 20.5 Å². The van der Waals surface area contributed by atoms with E-state index in [1.807, 2.05) is 0 Å².